The van der Waals surface area contributed by atoms with E-state index in [1.54, 1.807) is 0 Å². The second-order valence-corrected chi connectivity index (χ2v) is 5.86. The first-order chi connectivity index (χ1) is 8.05. The summed E-state index contributed by atoms with van der Waals surface area (Å²) in [5, 5.41) is 0.272. The molecule has 0 saturated carbocycles. The molecule has 17 heavy (non-hydrogen) atoms. The molecule has 0 bridgehead atoms. The minimum Gasteiger partial charge on any atom is -0.495 e. The Morgan fingerprint density at radius 2 is 2.24 bits per heavy atom. The van der Waals surface area contributed by atoms with Crippen LogP contribution in [0.4, 0.5) is 0 Å². The van der Waals surface area contributed by atoms with Crippen molar-refractivity contribution in [1.82, 2.24) is 4.31 Å². The minimum atomic E-state index is -3.52. The van der Waals surface area contributed by atoms with E-state index in [9.17, 15) is 8.42 Å². The molecule has 0 atom stereocenters. The van der Waals surface area contributed by atoms with E-state index in [4.69, 9.17) is 21.1 Å². The molecular formula is C10H12ClNO4S. The monoisotopic (exact) mass is 277 g/mol. The normalized spacial score (nSPS) is 17.3. The van der Waals surface area contributed by atoms with Gasteiger partial charge < -0.3 is 9.47 Å². The Balaban J connectivity index is 2.36. The molecule has 1 aromatic carbocycles. The van der Waals surface area contributed by atoms with Crippen molar-refractivity contribution in [1.29, 1.82) is 0 Å². The molecule has 0 radical (unpaired) electrons. The van der Waals surface area contributed by atoms with E-state index in [1.807, 2.05) is 0 Å². The van der Waals surface area contributed by atoms with E-state index in [0.717, 1.165) is 0 Å². The lowest BCUT2D eigenvalue weighted by Gasteiger charge is -2.14. The van der Waals surface area contributed by atoms with Gasteiger partial charge in [0.2, 0.25) is 10.0 Å². The largest absolute Gasteiger partial charge is 0.495 e. The highest BCUT2D eigenvalue weighted by atomic mass is 35.5. The maximum atomic E-state index is 12.1. The van der Waals surface area contributed by atoms with Crippen LogP contribution in [-0.4, -0.2) is 39.7 Å². The molecule has 7 heteroatoms. The first-order valence-corrected chi connectivity index (χ1v) is 6.79. The number of sulfonamides is 1. The van der Waals surface area contributed by atoms with Gasteiger partial charge in [0.05, 0.1) is 23.6 Å². The summed E-state index contributed by atoms with van der Waals surface area (Å²) >= 11 is 5.90. The van der Waals surface area contributed by atoms with E-state index >= 15 is 0 Å². The lowest BCUT2D eigenvalue weighted by atomic mass is 10.3. The van der Waals surface area contributed by atoms with Gasteiger partial charge in [-0.05, 0) is 18.2 Å². The van der Waals surface area contributed by atoms with Gasteiger partial charge in [-0.3, -0.25) is 0 Å². The Morgan fingerprint density at radius 3 is 2.76 bits per heavy atom. The van der Waals surface area contributed by atoms with Crippen molar-refractivity contribution in [3.8, 4) is 5.75 Å². The molecule has 5 nitrogen and oxygen atoms in total. The first kappa shape index (κ1) is 12.6. The SMILES string of the molecule is COc1ccc(S(=O)(=O)N2CCOC2)cc1Cl. The molecule has 0 aliphatic carbocycles. The summed E-state index contributed by atoms with van der Waals surface area (Å²) in [7, 11) is -2.04. The van der Waals surface area contributed by atoms with Crippen molar-refractivity contribution in [2.45, 2.75) is 4.90 Å². The van der Waals surface area contributed by atoms with Gasteiger partial charge >= 0.3 is 0 Å². The zero-order valence-electron chi connectivity index (χ0n) is 9.22. The highest BCUT2D eigenvalue weighted by Gasteiger charge is 2.28. The van der Waals surface area contributed by atoms with Gasteiger partial charge in [0, 0.05) is 6.54 Å². The molecule has 1 aromatic rings. The van der Waals surface area contributed by atoms with Crippen LogP contribution in [0, 0.1) is 0 Å². The second kappa shape index (κ2) is 4.81. The average Bonchev–Trinajstić information content (AvgIpc) is 2.83. The Bertz CT molecular complexity index is 511. The second-order valence-electron chi connectivity index (χ2n) is 3.51. The molecular weight excluding hydrogens is 266 g/mol. The van der Waals surface area contributed by atoms with Gasteiger partial charge in [0.15, 0.2) is 0 Å². The van der Waals surface area contributed by atoms with Crippen molar-refractivity contribution in [2.24, 2.45) is 0 Å². The quantitative estimate of drug-likeness (QED) is 0.836. The number of ether oxygens (including phenoxy) is 2. The highest BCUT2D eigenvalue weighted by molar-refractivity contribution is 7.89. The topological polar surface area (TPSA) is 55.8 Å². The lowest BCUT2D eigenvalue weighted by molar-refractivity contribution is 0.172. The summed E-state index contributed by atoms with van der Waals surface area (Å²) in [4.78, 5) is 0.147. The van der Waals surface area contributed by atoms with Crippen LogP contribution in [0.3, 0.4) is 0 Å². The zero-order chi connectivity index (χ0) is 12.5. The highest BCUT2D eigenvalue weighted by Crippen LogP contribution is 2.28. The number of halogens is 1. The van der Waals surface area contributed by atoms with E-state index in [0.29, 0.717) is 18.9 Å². The fourth-order valence-electron chi connectivity index (χ4n) is 1.54. The van der Waals surface area contributed by atoms with Crippen LogP contribution >= 0.6 is 11.6 Å². The van der Waals surface area contributed by atoms with Gasteiger partial charge in [0.25, 0.3) is 0 Å². The first-order valence-electron chi connectivity index (χ1n) is 4.97. The van der Waals surface area contributed by atoms with E-state index in [-0.39, 0.29) is 16.6 Å². The van der Waals surface area contributed by atoms with Gasteiger partial charge in [-0.1, -0.05) is 11.6 Å². The zero-order valence-corrected chi connectivity index (χ0v) is 10.8. The Labute approximate surface area is 105 Å². The summed E-state index contributed by atoms with van der Waals surface area (Å²) < 4.78 is 35.5. The van der Waals surface area contributed by atoms with Crippen LogP contribution in [0.1, 0.15) is 0 Å². The van der Waals surface area contributed by atoms with Crippen LogP contribution in [0.15, 0.2) is 23.1 Å². The summed E-state index contributed by atoms with van der Waals surface area (Å²) in [6.07, 6.45) is 0. The molecule has 1 fully saturated rings. The van der Waals surface area contributed by atoms with Crippen LogP contribution in [0.2, 0.25) is 5.02 Å². The van der Waals surface area contributed by atoms with Crippen LogP contribution < -0.4 is 4.74 Å². The van der Waals surface area contributed by atoms with Crippen molar-refractivity contribution < 1.29 is 17.9 Å². The summed E-state index contributed by atoms with van der Waals surface area (Å²) in [5.74, 6) is 0.447. The van der Waals surface area contributed by atoms with E-state index in [2.05, 4.69) is 0 Å². The summed E-state index contributed by atoms with van der Waals surface area (Å²) in [6, 6.07) is 4.39. The maximum absolute atomic E-state index is 12.1. The molecule has 1 aliphatic heterocycles. The standard InChI is InChI=1S/C10H12ClNO4S/c1-15-10-3-2-8(6-9(10)11)17(13,14)12-4-5-16-7-12/h2-3,6H,4-5,7H2,1H3. The Morgan fingerprint density at radius 1 is 1.47 bits per heavy atom. The molecule has 1 aliphatic rings. The number of hydrogen-bond donors (Lipinski definition) is 0. The predicted molar refractivity (Wildman–Crippen MR) is 62.7 cm³/mol. The predicted octanol–water partition coefficient (Wildman–Crippen LogP) is 1.33. The number of nitrogens with zero attached hydrogens (tertiary/aromatic N) is 1. The summed E-state index contributed by atoms with van der Waals surface area (Å²) in [6.45, 7) is 0.876. The number of methoxy groups -OCH3 is 1. The third kappa shape index (κ3) is 2.40. The van der Waals surface area contributed by atoms with Crippen molar-refractivity contribution in [3.63, 3.8) is 0 Å². The third-order valence-electron chi connectivity index (χ3n) is 2.48. The smallest absolute Gasteiger partial charge is 0.245 e. The van der Waals surface area contributed by atoms with Crippen LogP contribution in [0.25, 0.3) is 0 Å². The number of benzene rings is 1. The van der Waals surface area contributed by atoms with E-state index < -0.39 is 10.0 Å². The molecule has 1 saturated heterocycles. The summed E-state index contributed by atoms with van der Waals surface area (Å²) in [5.41, 5.74) is 0. The Kier molecular flexibility index (Phi) is 3.58. The number of hydrogen-bond acceptors (Lipinski definition) is 4. The molecule has 0 N–H and O–H groups in total. The van der Waals surface area contributed by atoms with Crippen LogP contribution in [-0.2, 0) is 14.8 Å². The van der Waals surface area contributed by atoms with Crippen molar-refractivity contribution in [2.75, 3.05) is 27.0 Å². The molecule has 0 aromatic heterocycles. The fraction of sp³-hybridized carbons (Fsp3) is 0.400. The average molecular weight is 278 g/mol. The third-order valence-corrected chi connectivity index (χ3v) is 4.59. The van der Waals surface area contributed by atoms with Gasteiger partial charge in [-0.15, -0.1) is 0 Å². The molecule has 0 spiro atoms. The Hall–Kier alpha value is -0.820. The molecule has 0 unspecified atom stereocenters. The minimum absolute atomic E-state index is 0.0893. The maximum Gasteiger partial charge on any atom is 0.245 e. The fourth-order valence-corrected chi connectivity index (χ4v) is 3.20. The lowest BCUT2D eigenvalue weighted by Crippen LogP contribution is -2.28. The molecule has 94 valence electrons. The van der Waals surface area contributed by atoms with E-state index in [1.165, 1.54) is 29.6 Å². The van der Waals surface area contributed by atoms with Gasteiger partial charge in [-0.2, -0.15) is 4.31 Å². The van der Waals surface area contributed by atoms with Crippen molar-refractivity contribution >= 4 is 21.6 Å². The van der Waals surface area contributed by atoms with Gasteiger partial charge in [0.1, 0.15) is 12.5 Å². The molecule has 0 amide bonds. The number of rotatable bonds is 3. The van der Waals surface area contributed by atoms with Crippen molar-refractivity contribution in [3.05, 3.63) is 23.2 Å². The molecule has 2 rings (SSSR count). The molecule has 1 heterocycles. The van der Waals surface area contributed by atoms with Gasteiger partial charge in [-0.25, -0.2) is 8.42 Å². The van der Waals surface area contributed by atoms with Crippen LogP contribution in [0.5, 0.6) is 5.75 Å².